The average molecular weight is 253 g/mol. The number of rotatable bonds is 3. The Balaban J connectivity index is 2.30. The zero-order valence-electron chi connectivity index (χ0n) is 10.3. The maximum Gasteiger partial charge on any atom is 0.338 e. The minimum atomic E-state index is -0.306. The summed E-state index contributed by atoms with van der Waals surface area (Å²) in [7, 11) is 1.40. The molecule has 1 aliphatic carbocycles. The van der Waals surface area contributed by atoms with Gasteiger partial charge in [-0.05, 0) is 42.5 Å². The topological polar surface area (TPSA) is 26.3 Å². The first-order valence-corrected chi connectivity index (χ1v) is 6.37. The van der Waals surface area contributed by atoms with E-state index in [1.54, 1.807) is 6.07 Å². The lowest BCUT2D eigenvalue weighted by Crippen LogP contribution is -2.15. The van der Waals surface area contributed by atoms with E-state index in [2.05, 4.69) is 0 Å². The fourth-order valence-corrected chi connectivity index (χ4v) is 2.52. The molecular weight excluding hydrogens is 236 g/mol. The van der Waals surface area contributed by atoms with Crippen molar-refractivity contribution in [3.05, 3.63) is 33.8 Å². The molecule has 0 N–H and O–H groups in total. The van der Waals surface area contributed by atoms with Gasteiger partial charge in [0, 0.05) is 5.02 Å². The van der Waals surface area contributed by atoms with Crippen molar-refractivity contribution in [2.75, 3.05) is 7.11 Å². The van der Waals surface area contributed by atoms with Crippen LogP contribution in [0.1, 0.15) is 40.7 Å². The number of benzene rings is 1. The Morgan fingerprint density at radius 2 is 2.18 bits per heavy atom. The van der Waals surface area contributed by atoms with Crippen LogP contribution in [-0.2, 0) is 11.2 Å². The number of hydrogen-bond acceptors (Lipinski definition) is 2. The van der Waals surface area contributed by atoms with Crippen LogP contribution in [0.4, 0.5) is 0 Å². The van der Waals surface area contributed by atoms with Crippen LogP contribution in [0.2, 0.25) is 5.02 Å². The second-order valence-corrected chi connectivity index (χ2v) is 5.17. The van der Waals surface area contributed by atoms with E-state index < -0.39 is 0 Å². The molecule has 0 atom stereocenters. The number of ether oxygens (including phenoxy) is 1. The molecule has 3 heteroatoms. The van der Waals surface area contributed by atoms with E-state index in [1.165, 1.54) is 31.9 Å². The molecule has 17 heavy (non-hydrogen) atoms. The van der Waals surface area contributed by atoms with Gasteiger partial charge in [0.05, 0.1) is 12.7 Å². The third-order valence-electron chi connectivity index (χ3n) is 3.62. The molecule has 0 spiro atoms. The van der Waals surface area contributed by atoms with Gasteiger partial charge in [0.1, 0.15) is 0 Å². The summed E-state index contributed by atoms with van der Waals surface area (Å²) in [6.07, 6.45) is 4.93. The quantitative estimate of drug-likeness (QED) is 0.766. The summed E-state index contributed by atoms with van der Waals surface area (Å²) in [6, 6.07) is 3.66. The lowest BCUT2D eigenvalue weighted by Gasteiger charge is -2.26. The Kier molecular flexibility index (Phi) is 3.72. The van der Waals surface area contributed by atoms with Crippen LogP contribution in [-0.4, -0.2) is 13.1 Å². The highest BCUT2D eigenvalue weighted by molar-refractivity contribution is 6.31. The second kappa shape index (κ2) is 5.09. The van der Waals surface area contributed by atoms with Crippen LogP contribution in [0.15, 0.2) is 12.1 Å². The summed E-state index contributed by atoms with van der Waals surface area (Å²) in [4.78, 5) is 11.6. The average Bonchev–Trinajstić information content (AvgIpc) is 2.26. The third kappa shape index (κ3) is 2.63. The van der Waals surface area contributed by atoms with Gasteiger partial charge in [-0.15, -0.1) is 0 Å². The lowest BCUT2D eigenvalue weighted by atomic mass is 9.80. The molecule has 0 bridgehead atoms. The van der Waals surface area contributed by atoms with Crippen LogP contribution >= 0.6 is 11.6 Å². The Bertz CT molecular complexity index is 436. The van der Waals surface area contributed by atoms with E-state index in [0.29, 0.717) is 10.6 Å². The standard InChI is InChI=1S/C14H17ClO2/c1-9-11(6-10-4-3-5-10)7-12(15)8-13(9)14(16)17-2/h7-8,10H,3-6H2,1-2H3. The van der Waals surface area contributed by atoms with Crippen molar-refractivity contribution >= 4 is 17.6 Å². The second-order valence-electron chi connectivity index (χ2n) is 4.73. The molecule has 1 aromatic carbocycles. The monoisotopic (exact) mass is 252 g/mol. The molecule has 1 saturated carbocycles. The largest absolute Gasteiger partial charge is 0.465 e. The van der Waals surface area contributed by atoms with E-state index in [0.717, 1.165) is 17.9 Å². The van der Waals surface area contributed by atoms with E-state index in [1.807, 2.05) is 13.0 Å². The van der Waals surface area contributed by atoms with Gasteiger partial charge in [0.25, 0.3) is 0 Å². The zero-order valence-corrected chi connectivity index (χ0v) is 11.0. The summed E-state index contributed by atoms with van der Waals surface area (Å²) in [5.41, 5.74) is 2.78. The molecule has 0 saturated heterocycles. The van der Waals surface area contributed by atoms with E-state index in [-0.39, 0.29) is 5.97 Å². The predicted molar refractivity (Wildman–Crippen MR) is 68.6 cm³/mol. The third-order valence-corrected chi connectivity index (χ3v) is 3.84. The van der Waals surface area contributed by atoms with Crippen LogP contribution in [0.3, 0.4) is 0 Å². The molecule has 2 nitrogen and oxygen atoms in total. The summed E-state index contributed by atoms with van der Waals surface area (Å²) in [6.45, 7) is 1.97. The van der Waals surface area contributed by atoms with Crippen molar-refractivity contribution in [2.45, 2.75) is 32.6 Å². The van der Waals surface area contributed by atoms with Crippen molar-refractivity contribution in [3.8, 4) is 0 Å². The van der Waals surface area contributed by atoms with Crippen molar-refractivity contribution in [3.63, 3.8) is 0 Å². The molecule has 0 radical (unpaired) electrons. The van der Waals surface area contributed by atoms with Crippen LogP contribution in [0.25, 0.3) is 0 Å². The van der Waals surface area contributed by atoms with E-state index in [4.69, 9.17) is 16.3 Å². The Morgan fingerprint density at radius 3 is 2.71 bits per heavy atom. The van der Waals surface area contributed by atoms with E-state index in [9.17, 15) is 4.79 Å². The van der Waals surface area contributed by atoms with Crippen molar-refractivity contribution in [1.82, 2.24) is 0 Å². The molecule has 1 aliphatic rings. The van der Waals surface area contributed by atoms with Crippen LogP contribution in [0, 0.1) is 12.8 Å². The molecule has 0 aromatic heterocycles. The maximum atomic E-state index is 11.6. The summed E-state index contributed by atoms with van der Waals surface area (Å²) >= 11 is 6.06. The molecule has 1 aromatic rings. The number of carbonyl (C=O) groups is 1. The van der Waals surface area contributed by atoms with Gasteiger partial charge >= 0.3 is 5.97 Å². The Morgan fingerprint density at radius 1 is 1.47 bits per heavy atom. The number of hydrogen-bond donors (Lipinski definition) is 0. The first-order valence-electron chi connectivity index (χ1n) is 5.99. The normalized spacial score (nSPS) is 15.5. The SMILES string of the molecule is COC(=O)c1cc(Cl)cc(CC2CCC2)c1C. The molecule has 0 heterocycles. The summed E-state index contributed by atoms with van der Waals surface area (Å²) in [5, 5.41) is 0.616. The molecule has 0 unspecified atom stereocenters. The number of carbonyl (C=O) groups excluding carboxylic acids is 1. The van der Waals surface area contributed by atoms with Gasteiger partial charge in [-0.2, -0.15) is 0 Å². The van der Waals surface area contributed by atoms with Gasteiger partial charge in [-0.3, -0.25) is 0 Å². The smallest absolute Gasteiger partial charge is 0.338 e. The number of halogens is 1. The molecule has 0 aliphatic heterocycles. The predicted octanol–water partition coefficient (Wildman–Crippen LogP) is 3.78. The van der Waals surface area contributed by atoms with Crippen LogP contribution < -0.4 is 0 Å². The van der Waals surface area contributed by atoms with Gasteiger partial charge in [-0.25, -0.2) is 4.79 Å². The van der Waals surface area contributed by atoms with Crippen molar-refractivity contribution in [1.29, 1.82) is 0 Å². The lowest BCUT2D eigenvalue weighted by molar-refractivity contribution is 0.0599. The maximum absolute atomic E-state index is 11.6. The fourth-order valence-electron chi connectivity index (χ4n) is 2.28. The molecule has 2 rings (SSSR count). The first kappa shape index (κ1) is 12.4. The highest BCUT2D eigenvalue weighted by atomic mass is 35.5. The van der Waals surface area contributed by atoms with Crippen molar-refractivity contribution < 1.29 is 9.53 Å². The fraction of sp³-hybridized carbons (Fsp3) is 0.500. The minimum Gasteiger partial charge on any atom is -0.465 e. The molecule has 1 fully saturated rings. The van der Waals surface area contributed by atoms with Gasteiger partial charge in [0.2, 0.25) is 0 Å². The van der Waals surface area contributed by atoms with Gasteiger partial charge in [-0.1, -0.05) is 30.9 Å². The Hall–Kier alpha value is -1.02. The molecule has 0 amide bonds. The highest BCUT2D eigenvalue weighted by Crippen LogP contribution is 2.32. The van der Waals surface area contributed by atoms with Crippen LogP contribution in [0.5, 0.6) is 0 Å². The highest BCUT2D eigenvalue weighted by Gasteiger charge is 2.21. The first-order chi connectivity index (χ1) is 8.11. The summed E-state index contributed by atoms with van der Waals surface area (Å²) < 4.78 is 4.77. The number of esters is 1. The molecule has 92 valence electrons. The van der Waals surface area contributed by atoms with Gasteiger partial charge < -0.3 is 4.74 Å². The zero-order chi connectivity index (χ0) is 12.4. The number of methoxy groups -OCH3 is 1. The Labute approximate surface area is 107 Å². The van der Waals surface area contributed by atoms with Gasteiger partial charge in [0.15, 0.2) is 0 Å². The summed E-state index contributed by atoms with van der Waals surface area (Å²) in [5.74, 6) is 0.456. The van der Waals surface area contributed by atoms with Crippen molar-refractivity contribution in [2.24, 2.45) is 5.92 Å². The minimum absolute atomic E-state index is 0.306. The van der Waals surface area contributed by atoms with E-state index >= 15 is 0 Å². The molecular formula is C14H17ClO2.